The zero-order valence-corrected chi connectivity index (χ0v) is 17.0. The van der Waals surface area contributed by atoms with Crippen LogP contribution in [0.2, 0.25) is 0 Å². The van der Waals surface area contributed by atoms with Gasteiger partial charge in [-0.25, -0.2) is 0 Å². The largest absolute Gasteiger partial charge is 0.490 e. The number of benzene rings is 2. The zero-order valence-electron chi connectivity index (χ0n) is 17.0. The lowest BCUT2D eigenvalue weighted by Gasteiger charge is -2.29. The molecule has 28 heavy (non-hydrogen) atoms. The van der Waals surface area contributed by atoms with E-state index in [4.69, 9.17) is 9.47 Å². The highest BCUT2D eigenvalue weighted by Gasteiger charge is 2.20. The second-order valence-electron chi connectivity index (χ2n) is 7.41. The third-order valence-electron chi connectivity index (χ3n) is 5.12. The van der Waals surface area contributed by atoms with Crippen molar-refractivity contribution in [1.82, 2.24) is 4.90 Å². The van der Waals surface area contributed by atoms with Gasteiger partial charge in [-0.1, -0.05) is 25.1 Å². The number of para-hydroxylation sites is 1. The molecule has 1 unspecified atom stereocenters. The molecule has 1 aliphatic heterocycles. The number of amides is 1. The molecule has 1 heterocycles. The third-order valence-corrected chi connectivity index (χ3v) is 5.12. The average Bonchev–Trinajstić information content (AvgIpc) is 2.70. The molecule has 1 fully saturated rings. The van der Waals surface area contributed by atoms with Crippen LogP contribution < -0.4 is 14.8 Å². The Labute approximate surface area is 167 Å². The molecular formula is C23H30N2O3. The van der Waals surface area contributed by atoms with Crippen molar-refractivity contribution >= 4 is 11.6 Å². The molecule has 0 aromatic heterocycles. The number of anilines is 1. The molecule has 5 nitrogen and oxygen atoms in total. The summed E-state index contributed by atoms with van der Waals surface area (Å²) in [6.07, 6.45) is 2.42. The van der Waals surface area contributed by atoms with Crippen molar-refractivity contribution in [3.63, 3.8) is 0 Å². The highest BCUT2D eigenvalue weighted by molar-refractivity contribution is 5.94. The summed E-state index contributed by atoms with van der Waals surface area (Å²) in [4.78, 5) is 14.9. The highest BCUT2D eigenvalue weighted by atomic mass is 16.5. The van der Waals surface area contributed by atoms with Gasteiger partial charge in [-0.05, 0) is 69.1 Å². The Morgan fingerprint density at radius 3 is 2.46 bits per heavy atom. The first-order valence-electron chi connectivity index (χ1n) is 10.0. The first kappa shape index (κ1) is 20.2. The number of hydrogen-bond donors (Lipinski definition) is 1. The summed E-state index contributed by atoms with van der Waals surface area (Å²) in [7, 11) is 2.14. The van der Waals surface area contributed by atoms with Gasteiger partial charge in [0.1, 0.15) is 17.6 Å². The number of nitrogens with zero attached hydrogens (tertiary/aromatic N) is 1. The van der Waals surface area contributed by atoms with E-state index in [9.17, 15) is 4.79 Å². The molecule has 0 radical (unpaired) electrons. The normalized spacial score (nSPS) is 16.4. The van der Waals surface area contributed by atoms with Gasteiger partial charge in [0.05, 0.1) is 0 Å². The van der Waals surface area contributed by atoms with Gasteiger partial charge in [0.25, 0.3) is 5.91 Å². The minimum atomic E-state index is -0.531. The van der Waals surface area contributed by atoms with Gasteiger partial charge in [-0.15, -0.1) is 0 Å². The molecular weight excluding hydrogens is 352 g/mol. The molecule has 2 aromatic carbocycles. The quantitative estimate of drug-likeness (QED) is 0.777. The summed E-state index contributed by atoms with van der Waals surface area (Å²) in [6, 6.07) is 15.3. The van der Waals surface area contributed by atoms with Crippen LogP contribution in [0.5, 0.6) is 11.5 Å². The predicted molar refractivity (Wildman–Crippen MR) is 112 cm³/mol. The van der Waals surface area contributed by atoms with Gasteiger partial charge < -0.3 is 19.7 Å². The zero-order chi connectivity index (χ0) is 19.9. The minimum Gasteiger partial charge on any atom is -0.490 e. The summed E-state index contributed by atoms with van der Waals surface area (Å²) < 4.78 is 12.0. The standard InChI is InChI=1S/C23H30N2O3/c1-4-21(28-22-8-6-5-7-17(22)2)23(26)24-18-9-11-19(12-10-18)27-20-13-15-25(3)16-14-20/h5-12,20-21H,4,13-16H2,1-3H3,(H,24,26). The van der Waals surface area contributed by atoms with Crippen LogP contribution in [0.1, 0.15) is 31.7 Å². The molecule has 0 saturated carbocycles. The van der Waals surface area contributed by atoms with E-state index in [2.05, 4.69) is 17.3 Å². The fraction of sp³-hybridized carbons (Fsp3) is 0.435. The number of nitrogens with one attached hydrogen (secondary N) is 1. The predicted octanol–water partition coefficient (Wildman–Crippen LogP) is 4.26. The Kier molecular flexibility index (Phi) is 6.93. The molecule has 1 amide bonds. The van der Waals surface area contributed by atoms with Crippen molar-refractivity contribution in [1.29, 1.82) is 0 Å². The number of aryl methyl sites for hydroxylation is 1. The second kappa shape index (κ2) is 9.60. The van der Waals surface area contributed by atoms with E-state index >= 15 is 0 Å². The van der Waals surface area contributed by atoms with E-state index in [1.165, 1.54) is 0 Å². The minimum absolute atomic E-state index is 0.144. The van der Waals surface area contributed by atoms with Gasteiger partial charge in [0.15, 0.2) is 6.10 Å². The Balaban J connectivity index is 1.55. The lowest BCUT2D eigenvalue weighted by molar-refractivity contribution is -0.122. The number of ether oxygens (including phenoxy) is 2. The van der Waals surface area contributed by atoms with Gasteiger partial charge in [-0.3, -0.25) is 4.79 Å². The van der Waals surface area contributed by atoms with Crippen molar-refractivity contribution in [3.8, 4) is 11.5 Å². The Bertz CT molecular complexity index is 768. The molecule has 1 aliphatic rings. The number of carbonyl (C=O) groups excluding carboxylic acids is 1. The van der Waals surface area contributed by atoms with Gasteiger partial charge in [0, 0.05) is 18.8 Å². The molecule has 0 bridgehead atoms. The van der Waals surface area contributed by atoms with Crippen molar-refractivity contribution in [2.45, 2.75) is 45.3 Å². The van der Waals surface area contributed by atoms with Crippen LogP contribution in [0, 0.1) is 6.92 Å². The van der Waals surface area contributed by atoms with Crippen LogP contribution in [-0.4, -0.2) is 43.2 Å². The topological polar surface area (TPSA) is 50.8 Å². The third kappa shape index (κ3) is 5.49. The fourth-order valence-corrected chi connectivity index (χ4v) is 3.30. The van der Waals surface area contributed by atoms with Gasteiger partial charge in [0.2, 0.25) is 0 Å². The summed E-state index contributed by atoms with van der Waals surface area (Å²) in [6.45, 7) is 6.06. The van der Waals surface area contributed by atoms with E-state index in [1.807, 2.05) is 62.4 Å². The fourth-order valence-electron chi connectivity index (χ4n) is 3.30. The van der Waals surface area contributed by atoms with Crippen LogP contribution in [0.3, 0.4) is 0 Å². The number of likely N-dealkylation sites (tertiary alicyclic amines) is 1. The van der Waals surface area contributed by atoms with Crippen LogP contribution in [0.4, 0.5) is 5.69 Å². The Morgan fingerprint density at radius 1 is 1.14 bits per heavy atom. The van der Waals surface area contributed by atoms with E-state index in [-0.39, 0.29) is 12.0 Å². The van der Waals surface area contributed by atoms with Crippen LogP contribution in [0.25, 0.3) is 0 Å². The van der Waals surface area contributed by atoms with Gasteiger partial charge >= 0.3 is 0 Å². The molecule has 0 aliphatic carbocycles. The SMILES string of the molecule is CCC(Oc1ccccc1C)C(=O)Nc1ccc(OC2CCN(C)CC2)cc1. The van der Waals surface area contributed by atoms with E-state index < -0.39 is 6.10 Å². The second-order valence-corrected chi connectivity index (χ2v) is 7.41. The number of hydrogen-bond acceptors (Lipinski definition) is 4. The summed E-state index contributed by atoms with van der Waals surface area (Å²) >= 11 is 0. The summed E-state index contributed by atoms with van der Waals surface area (Å²) in [5.41, 5.74) is 1.76. The molecule has 1 atom stereocenters. The molecule has 1 saturated heterocycles. The van der Waals surface area contributed by atoms with E-state index in [0.717, 1.165) is 48.7 Å². The molecule has 1 N–H and O–H groups in total. The highest BCUT2D eigenvalue weighted by Crippen LogP contribution is 2.22. The molecule has 0 spiro atoms. The van der Waals surface area contributed by atoms with Crippen LogP contribution in [0.15, 0.2) is 48.5 Å². The molecule has 150 valence electrons. The maximum absolute atomic E-state index is 12.6. The van der Waals surface area contributed by atoms with Crippen molar-refractivity contribution in [3.05, 3.63) is 54.1 Å². The number of piperidine rings is 1. The van der Waals surface area contributed by atoms with Crippen LogP contribution in [-0.2, 0) is 4.79 Å². The van der Waals surface area contributed by atoms with Gasteiger partial charge in [-0.2, -0.15) is 0 Å². The lowest BCUT2D eigenvalue weighted by atomic mass is 10.1. The summed E-state index contributed by atoms with van der Waals surface area (Å²) in [5, 5.41) is 2.94. The number of rotatable bonds is 7. The first-order valence-corrected chi connectivity index (χ1v) is 10.0. The maximum Gasteiger partial charge on any atom is 0.265 e. The number of carbonyl (C=O) groups is 1. The molecule has 5 heteroatoms. The smallest absolute Gasteiger partial charge is 0.265 e. The van der Waals surface area contributed by atoms with Crippen molar-refractivity contribution < 1.29 is 14.3 Å². The van der Waals surface area contributed by atoms with Crippen LogP contribution >= 0.6 is 0 Å². The Morgan fingerprint density at radius 2 is 1.82 bits per heavy atom. The lowest BCUT2D eigenvalue weighted by Crippen LogP contribution is -2.35. The maximum atomic E-state index is 12.6. The molecule has 2 aromatic rings. The van der Waals surface area contributed by atoms with E-state index in [0.29, 0.717) is 6.42 Å². The first-order chi connectivity index (χ1) is 13.5. The average molecular weight is 383 g/mol. The van der Waals surface area contributed by atoms with E-state index in [1.54, 1.807) is 0 Å². The van der Waals surface area contributed by atoms with Crippen molar-refractivity contribution in [2.75, 3.05) is 25.5 Å². The monoisotopic (exact) mass is 382 g/mol. The summed E-state index contributed by atoms with van der Waals surface area (Å²) in [5.74, 6) is 1.44. The van der Waals surface area contributed by atoms with Crippen molar-refractivity contribution in [2.24, 2.45) is 0 Å². The Hall–Kier alpha value is -2.53. The molecule has 3 rings (SSSR count).